The van der Waals surface area contributed by atoms with Crippen molar-refractivity contribution in [1.82, 2.24) is 20.1 Å². The fraction of sp³-hybridized carbons (Fsp3) is 0.273. The lowest BCUT2D eigenvalue weighted by atomic mass is 9.80. The average Bonchev–Trinajstić information content (AvgIpc) is 3.29. The van der Waals surface area contributed by atoms with Gasteiger partial charge in [0.25, 0.3) is 5.91 Å². The maximum Gasteiger partial charge on any atom is 0.311 e. The van der Waals surface area contributed by atoms with E-state index in [2.05, 4.69) is 15.4 Å². The SMILES string of the molecule is O=C(NCC1(C(=O)O)CCOCC1)c1ncc(-c2cnn(-c3ccccc3)c2)cc1O. The van der Waals surface area contributed by atoms with E-state index in [0.717, 1.165) is 11.3 Å². The van der Waals surface area contributed by atoms with Crippen LogP contribution in [0, 0.1) is 5.41 Å². The third-order valence-corrected chi connectivity index (χ3v) is 5.51. The molecule has 0 aliphatic carbocycles. The van der Waals surface area contributed by atoms with Crippen LogP contribution in [0.25, 0.3) is 16.8 Å². The van der Waals surface area contributed by atoms with Gasteiger partial charge in [-0.1, -0.05) is 18.2 Å². The summed E-state index contributed by atoms with van der Waals surface area (Å²) in [4.78, 5) is 28.4. The summed E-state index contributed by atoms with van der Waals surface area (Å²) < 4.78 is 6.94. The zero-order valence-corrected chi connectivity index (χ0v) is 16.7. The van der Waals surface area contributed by atoms with Crippen LogP contribution >= 0.6 is 0 Å². The van der Waals surface area contributed by atoms with Gasteiger partial charge >= 0.3 is 5.97 Å². The van der Waals surface area contributed by atoms with Crippen LogP contribution in [0.1, 0.15) is 23.3 Å². The second kappa shape index (κ2) is 8.57. The highest BCUT2D eigenvalue weighted by molar-refractivity contribution is 5.95. The first-order valence-corrected chi connectivity index (χ1v) is 9.87. The average molecular weight is 422 g/mol. The Morgan fingerprint density at radius 2 is 1.87 bits per heavy atom. The molecule has 160 valence electrons. The van der Waals surface area contributed by atoms with Crippen LogP contribution < -0.4 is 5.32 Å². The molecule has 1 aliphatic rings. The van der Waals surface area contributed by atoms with E-state index in [0.29, 0.717) is 31.6 Å². The van der Waals surface area contributed by atoms with E-state index in [1.54, 1.807) is 17.1 Å². The number of carboxylic acids is 1. The molecule has 31 heavy (non-hydrogen) atoms. The largest absolute Gasteiger partial charge is 0.505 e. The lowest BCUT2D eigenvalue weighted by Gasteiger charge is -2.33. The number of aromatic hydroxyl groups is 1. The zero-order chi connectivity index (χ0) is 21.8. The monoisotopic (exact) mass is 422 g/mol. The lowest BCUT2D eigenvalue weighted by molar-refractivity contribution is -0.154. The first-order chi connectivity index (χ1) is 15.0. The number of hydrogen-bond acceptors (Lipinski definition) is 6. The van der Waals surface area contributed by atoms with Crippen LogP contribution in [-0.4, -0.2) is 56.6 Å². The van der Waals surface area contributed by atoms with E-state index in [1.807, 2.05) is 30.3 Å². The molecule has 1 fully saturated rings. The van der Waals surface area contributed by atoms with Crippen LogP contribution in [0.2, 0.25) is 0 Å². The Balaban J connectivity index is 1.48. The third kappa shape index (κ3) is 4.26. The number of carbonyl (C=O) groups excluding carboxylic acids is 1. The van der Waals surface area contributed by atoms with Gasteiger partial charge in [-0.3, -0.25) is 9.59 Å². The summed E-state index contributed by atoms with van der Waals surface area (Å²) in [6.07, 6.45) is 5.54. The highest BCUT2D eigenvalue weighted by Gasteiger charge is 2.40. The summed E-state index contributed by atoms with van der Waals surface area (Å²) in [7, 11) is 0. The number of benzene rings is 1. The molecule has 1 amide bonds. The molecule has 0 radical (unpaired) electrons. The first kappa shape index (κ1) is 20.5. The van der Waals surface area contributed by atoms with Crippen molar-refractivity contribution in [3.05, 3.63) is 60.7 Å². The fourth-order valence-electron chi connectivity index (χ4n) is 3.54. The number of aromatic nitrogens is 3. The maximum atomic E-state index is 12.5. The molecule has 1 saturated heterocycles. The van der Waals surface area contributed by atoms with Crippen molar-refractivity contribution in [1.29, 1.82) is 0 Å². The molecule has 2 aromatic heterocycles. The highest BCUT2D eigenvalue weighted by atomic mass is 16.5. The van der Waals surface area contributed by atoms with E-state index in [1.165, 1.54) is 12.3 Å². The normalized spacial score (nSPS) is 15.4. The number of rotatable bonds is 6. The summed E-state index contributed by atoms with van der Waals surface area (Å²) >= 11 is 0. The predicted octanol–water partition coefficient (Wildman–Crippen LogP) is 2.25. The van der Waals surface area contributed by atoms with Crippen LogP contribution in [0.3, 0.4) is 0 Å². The molecule has 1 aliphatic heterocycles. The summed E-state index contributed by atoms with van der Waals surface area (Å²) in [5, 5.41) is 26.9. The van der Waals surface area contributed by atoms with E-state index in [-0.39, 0.29) is 18.0 Å². The van der Waals surface area contributed by atoms with Crippen molar-refractivity contribution in [2.45, 2.75) is 12.8 Å². The van der Waals surface area contributed by atoms with Gasteiger partial charge in [0.05, 0.1) is 17.3 Å². The number of ether oxygens (including phenoxy) is 1. The number of nitrogens with zero attached hydrogens (tertiary/aromatic N) is 3. The Hall–Kier alpha value is -3.72. The number of hydrogen-bond donors (Lipinski definition) is 3. The van der Waals surface area contributed by atoms with Crippen molar-refractivity contribution < 1.29 is 24.5 Å². The number of pyridine rings is 1. The Labute approximate surface area is 178 Å². The predicted molar refractivity (Wildman–Crippen MR) is 111 cm³/mol. The van der Waals surface area contributed by atoms with Crippen molar-refractivity contribution in [3.63, 3.8) is 0 Å². The molecule has 3 N–H and O–H groups in total. The molecule has 0 atom stereocenters. The molecule has 0 unspecified atom stereocenters. The first-order valence-electron chi connectivity index (χ1n) is 9.87. The molecule has 4 rings (SSSR count). The lowest BCUT2D eigenvalue weighted by Crippen LogP contribution is -2.46. The minimum Gasteiger partial charge on any atom is -0.505 e. The Kier molecular flexibility index (Phi) is 5.68. The van der Waals surface area contributed by atoms with Crippen molar-refractivity contribution in [3.8, 4) is 22.6 Å². The van der Waals surface area contributed by atoms with Crippen molar-refractivity contribution in [2.75, 3.05) is 19.8 Å². The molecule has 3 heterocycles. The molecule has 0 bridgehead atoms. The Bertz CT molecular complexity index is 1090. The molecule has 0 saturated carbocycles. The van der Waals surface area contributed by atoms with Crippen LogP contribution in [0.15, 0.2) is 55.0 Å². The standard InChI is InChI=1S/C22H22N4O5/c27-18-10-15(16-12-25-26(13-16)17-4-2-1-3-5-17)11-23-19(18)20(28)24-14-22(21(29)30)6-8-31-9-7-22/h1-5,10-13,27H,6-9,14H2,(H,24,28)(H,29,30). The number of carbonyl (C=O) groups is 2. The topological polar surface area (TPSA) is 127 Å². The van der Waals surface area contributed by atoms with Gasteiger partial charge in [-0.2, -0.15) is 5.10 Å². The van der Waals surface area contributed by atoms with Gasteiger partial charge in [0.1, 0.15) is 5.75 Å². The molecule has 0 spiro atoms. The van der Waals surface area contributed by atoms with Gasteiger partial charge in [0.15, 0.2) is 5.69 Å². The van der Waals surface area contributed by atoms with Gasteiger partial charge in [-0.05, 0) is 31.0 Å². The summed E-state index contributed by atoms with van der Waals surface area (Å²) in [5.41, 5.74) is 0.984. The van der Waals surface area contributed by atoms with E-state index in [4.69, 9.17) is 4.74 Å². The number of para-hydroxylation sites is 1. The number of carboxylic acid groups (broad SMARTS) is 1. The van der Waals surface area contributed by atoms with Gasteiger partial charge in [0, 0.05) is 43.3 Å². The van der Waals surface area contributed by atoms with Gasteiger partial charge in [0.2, 0.25) is 0 Å². The van der Waals surface area contributed by atoms with E-state index in [9.17, 15) is 19.8 Å². The Morgan fingerprint density at radius 1 is 1.13 bits per heavy atom. The van der Waals surface area contributed by atoms with E-state index < -0.39 is 17.3 Å². The highest BCUT2D eigenvalue weighted by Crippen LogP contribution is 2.30. The smallest absolute Gasteiger partial charge is 0.311 e. The summed E-state index contributed by atoms with van der Waals surface area (Å²) in [6.45, 7) is 0.602. The number of nitrogens with one attached hydrogen (secondary N) is 1. The zero-order valence-electron chi connectivity index (χ0n) is 16.7. The second-order valence-electron chi connectivity index (χ2n) is 7.48. The minimum atomic E-state index is -1.07. The van der Waals surface area contributed by atoms with Crippen molar-refractivity contribution >= 4 is 11.9 Å². The maximum absolute atomic E-state index is 12.5. The molecule has 9 heteroatoms. The van der Waals surface area contributed by atoms with Gasteiger partial charge in [-0.15, -0.1) is 0 Å². The summed E-state index contributed by atoms with van der Waals surface area (Å²) in [6, 6.07) is 11.0. The Morgan fingerprint density at radius 3 is 2.55 bits per heavy atom. The minimum absolute atomic E-state index is 0.0583. The van der Waals surface area contributed by atoms with Gasteiger partial charge < -0.3 is 20.3 Å². The molecule has 9 nitrogen and oxygen atoms in total. The third-order valence-electron chi connectivity index (χ3n) is 5.51. The van der Waals surface area contributed by atoms with E-state index >= 15 is 0 Å². The van der Waals surface area contributed by atoms with Crippen LogP contribution in [-0.2, 0) is 9.53 Å². The van der Waals surface area contributed by atoms with Crippen LogP contribution in [0.5, 0.6) is 5.75 Å². The molecule has 3 aromatic rings. The number of amides is 1. The molecule has 1 aromatic carbocycles. The number of aliphatic carboxylic acids is 1. The van der Waals surface area contributed by atoms with Crippen LogP contribution in [0.4, 0.5) is 0 Å². The van der Waals surface area contributed by atoms with Crippen molar-refractivity contribution in [2.24, 2.45) is 5.41 Å². The molecular weight excluding hydrogens is 400 g/mol. The van der Waals surface area contributed by atoms with Gasteiger partial charge in [-0.25, -0.2) is 9.67 Å². The quantitative estimate of drug-likeness (QED) is 0.556. The second-order valence-corrected chi connectivity index (χ2v) is 7.48. The summed E-state index contributed by atoms with van der Waals surface area (Å²) in [5.74, 6) is -1.89. The molecular formula is C22H22N4O5. The fourth-order valence-corrected chi connectivity index (χ4v) is 3.54.